The van der Waals surface area contributed by atoms with Crippen LogP contribution in [0.3, 0.4) is 0 Å². The van der Waals surface area contributed by atoms with Crippen molar-refractivity contribution in [2.75, 3.05) is 7.11 Å². The number of carbonyl (C=O) groups is 1. The molecule has 0 radical (unpaired) electrons. The highest BCUT2D eigenvalue weighted by molar-refractivity contribution is 7.89. The normalized spacial score (nSPS) is 22.2. The molecule has 0 aromatic heterocycles. The Morgan fingerprint density at radius 1 is 1.24 bits per heavy atom. The van der Waals surface area contributed by atoms with E-state index in [1.54, 1.807) is 19.1 Å². The molecule has 0 spiro atoms. The van der Waals surface area contributed by atoms with Gasteiger partial charge >= 0.3 is 0 Å². The topological polar surface area (TPSA) is 84.5 Å². The van der Waals surface area contributed by atoms with E-state index >= 15 is 0 Å². The number of carbonyl (C=O) groups excluding carboxylic acids is 1. The van der Waals surface area contributed by atoms with Gasteiger partial charge < -0.3 is 10.1 Å². The van der Waals surface area contributed by atoms with Gasteiger partial charge in [-0.15, -0.1) is 0 Å². The Morgan fingerprint density at radius 2 is 1.88 bits per heavy atom. The van der Waals surface area contributed by atoms with Crippen LogP contribution >= 0.6 is 0 Å². The van der Waals surface area contributed by atoms with Gasteiger partial charge in [0.2, 0.25) is 15.9 Å². The molecule has 1 fully saturated rings. The lowest BCUT2D eigenvalue weighted by Gasteiger charge is -2.31. The molecule has 25 heavy (non-hydrogen) atoms. The van der Waals surface area contributed by atoms with E-state index in [-0.39, 0.29) is 16.8 Å². The molecule has 1 aliphatic rings. The fourth-order valence-corrected chi connectivity index (χ4v) is 4.43. The van der Waals surface area contributed by atoms with E-state index in [1.807, 2.05) is 0 Å². The molecule has 0 saturated heterocycles. The Hall–Kier alpha value is -1.60. The maximum atomic E-state index is 12.5. The van der Waals surface area contributed by atoms with E-state index in [4.69, 9.17) is 4.74 Å². The molecule has 140 valence electrons. The van der Waals surface area contributed by atoms with Gasteiger partial charge in [0.15, 0.2) is 0 Å². The standard InChI is InChI=1S/C18H28N2O4S/c1-4-16(18(21)19-17-8-6-5-7-13(17)2)20-25(22,23)15-11-9-14(24-3)10-12-15/h9-13,16-17,20H,4-8H2,1-3H3,(H,19,21). The van der Waals surface area contributed by atoms with E-state index in [2.05, 4.69) is 17.0 Å². The van der Waals surface area contributed by atoms with Crippen LogP contribution in [0.1, 0.15) is 46.0 Å². The predicted molar refractivity (Wildman–Crippen MR) is 97.0 cm³/mol. The minimum absolute atomic E-state index is 0.116. The summed E-state index contributed by atoms with van der Waals surface area (Å²) in [4.78, 5) is 12.7. The first-order valence-corrected chi connectivity index (χ1v) is 10.3. The van der Waals surface area contributed by atoms with Crippen LogP contribution in [-0.2, 0) is 14.8 Å². The Kier molecular flexibility index (Phi) is 6.84. The molecule has 0 heterocycles. The number of hydrogen-bond donors (Lipinski definition) is 2. The molecule has 2 N–H and O–H groups in total. The van der Waals surface area contributed by atoms with Crippen LogP contribution in [0, 0.1) is 5.92 Å². The zero-order valence-electron chi connectivity index (χ0n) is 15.1. The first-order valence-electron chi connectivity index (χ1n) is 8.84. The number of hydrogen-bond acceptors (Lipinski definition) is 4. The Morgan fingerprint density at radius 3 is 2.44 bits per heavy atom. The third-order valence-electron chi connectivity index (χ3n) is 4.83. The summed E-state index contributed by atoms with van der Waals surface area (Å²) in [6.07, 6.45) is 4.73. The molecule has 2 rings (SSSR count). The molecule has 0 aliphatic heterocycles. The highest BCUT2D eigenvalue weighted by Gasteiger charge is 2.28. The second kappa shape index (κ2) is 8.67. The molecule has 1 amide bonds. The summed E-state index contributed by atoms with van der Waals surface area (Å²) in [6.45, 7) is 3.93. The number of amides is 1. The van der Waals surface area contributed by atoms with Crippen molar-refractivity contribution in [2.24, 2.45) is 5.92 Å². The zero-order valence-corrected chi connectivity index (χ0v) is 15.9. The molecule has 6 nitrogen and oxygen atoms in total. The van der Waals surface area contributed by atoms with Crippen LogP contribution in [-0.4, -0.2) is 33.5 Å². The molecule has 1 aromatic rings. The van der Waals surface area contributed by atoms with Crippen molar-refractivity contribution >= 4 is 15.9 Å². The van der Waals surface area contributed by atoms with Crippen LogP contribution in [0.4, 0.5) is 0 Å². The quantitative estimate of drug-likeness (QED) is 0.774. The predicted octanol–water partition coefficient (Wildman–Crippen LogP) is 2.45. The van der Waals surface area contributed by atoms with E-state index in [0.717, 1.165) is 19.3 Å². The summed E-state index contributed by atoms with van der Waals surface area (Å²) in [7, 11) is -2.24. The van der Waals surface area contributed by atoms with E-state index in [1.165, 1.54) is 25.7 Å². The minimum atomic E-state index is -3.76. The zero-order chi connectivity index (χ0) is 18.4. The minimum Gasteiger partial charge on any atom is -0.497 e. The van der Waals surface area contributed by atoms with Gasteiger partial charge in [0.25, 0.3) is 0 Å². The van der Waals surface area contributed by atoms with Crippen LogP contribution in [0.5, 0.6) is 5.75 Å². The fourth-order valence-electron chi connectivity index (χ4n) is 3.15. The van der Waals surface area contributed by atoms with Gasteiger partial charge in [0.05, 0.1) is 12.0 Å². The summed E-state index contributed by atoms with van der Waals surface area (Å²) < 4.78 is 32.6. The van der Waals surface area contributed by atoms with Crippen molar-refractivity contribution in [1.82, 2.24) is 10.0 Å². The van der Waals surface area contributed by atoms with Gasteiger partial charge in [-0.3, -0.25) is 4.79 Å². The first kappa shape index (κ1) is 19.7. The molecular weight excluding hydrogens is 340 g/mol. The van der Waals surface area contributed by atoms with Gasteiger partial charge in [0, 0.05) is 6.04 Å². The smallest absolute Gasteiger partial charge is 0.241 e. The lowest BCUT2D eigenvalue weighted by molar-refractivity contribution is -0.124. The first-order chi connectivity index (χ1) is 11.9. The summed E-state index contributed by atoms with van der Waals surface area (Å²) in [5.74, 6) is 0.752. The monoisotopic (exact) mass is 368 g/mol. The summed E-state index contributed by atoms with van der Waals surface area (Å²) in [5.41, 5.74) is 0. The molecule has 3 atom stereocenters. The van der Waals surface area contributed by atoms with Crippen molar-refractivity contribution in [3.8, 4) is 5.75 Å². The molecular formula is C18H28N2O4S. The Labute approximate surface area is 150 Å². The fraction of sp³-hybridized carbons (Fsp3) is 0.611. The Bertz CT molecular complexity index is 673. The van der Waals surface area contributed by atoms with Crippen molar-refractivity contribution in [2.45, 2.75) is 62.9 Å². The maximum absolute atomic E-state index is 12.5. The molecule has 1 saturated carbocycles. The maximum Gasteiger partial charge on any atom is 0.241 e. The summed E-state index contributed by atoms with van der Waals surface area (Å²) in [6, 6.07) is 5.45. The molecule has 0 bridgehead atoms. The number of sulfonamides is 1. The van der Waals surface area contributed by atoms with Crippen molar-refractivity contribution in [3.05, 3.63) is 24.3 Å². The highest BCUT2D eigenvalue weighted by atomic mass is 32.2. The van der Waals surface area contributed by atoms with Crippen LogP contribution in [0.2, 0.25) is 0 Å². The number of nitrogens with one attached hydrogen (secondary N) is 2. The highest BCUT2D eigenvalue weighted by Crippen LogP contribution is 2.24. The van der Waals surface area contributed by atoms with E-state index in [9.17, 15) is 13.2 Å². The lowest BCUT2D eigenvalue weighted by Crippen LogP contribution is -2.51. The third kappa shape index (κ3) is 5.19. The van der Waals surface area contributed by atoms with Gasteiger partial charge in [-0.2, -0.15) is 4.72 Å². The van der Waals surface area contributed by atoms with E-state index in [0.29, 0.717) is 18.1 Å². The molecule has 1 aromatic carbocycles. The number of methoxy groups -OCH3 is 1. The molecule has 3 unspecified atom stereocenters. The van der Waals surface area contributed by atoms with Gasteiger partial charge in [0.1, 0.15) is 11.8 Å². The van der Waals surface area contributed by atoms with Crippen molar-refractivity contribution in [1.29, 1.82) is 0 Å². The van der Waals surface area contributed by atoms with Gasteiger partial charge in [-0.25, -0.2) is 8.42 Å². The van der Waals surface area contributed by atoms with Crippen LogP contribution in [0.25, 0.3) is 0 Å². The second-order valence-electron chi connectivity index (χ2n) is 6.63. The average molecular weight is 368 g/mol. The van der Waals surface area contributed by atoms with Crippen molar-refractivity contribution in [3.63, 3.8) is 0 Å². The number of rotatable bonds is 7. The van der Waals surface area contributed by atoms with Gasteiger partial charge in [-0.05, 0) is 49.4 Å². The van der Waals surface area contributed by atoms with Crippen molar-refractivity contribution < 1.29 is 17.9 Å². The summed E-state index contributed by atoms with van der Waals surface area (Å²) >= 11 is 0. The lowest BCUT2D eigenvalue weighted by atomic mass is 9.86. The third-order valence-corrected chi connectivity index (χ3v) is 6.32. The second-order valence-corrected chi connectivity index (χ2v) is 8.35. The SMILES string of the molecule is CCC(NS(=O)(=O)c1ccc(OC)cc1)C(=O)NC1CCCCC1C. The van der Waals surface area contributed by atoms with Crippen LogP contribution < -0.4 is 14.8 Å². The van der Waals surface area contributed by atoms with Crippen LogP contribution in [0.15, 0.2) is 29.2 Å². The van der Waals surface area contributed by atoms with E-state index < -0.39 is 16.1 Å². The van der Waals surface area contributed by atoms with Gasteiger partial charge in [-0.1, -0.05) is 26.7 Å². The summed E-state index contributed by atoms with van der Waals surface area (Å²) in [5, 5.41) is 3.03. The number of benzene rings is 1. The average Bonchev–Trinajstić information content (AvgIpc) is 2.61. The number of ether oxygens (including phenoxy) is 1. The molecule has 1 aliphatic carbocycles. The molecule has 7 heteroatoms. The largest absolute Gasteiger partial charge is 0.497 e. The Balaban J connectivity index is 2.04.